The second kappa shape index (κ2) is 9.03. The zero-order valence-electron chi connectivity index (χ0n) is 16.6. The third-order valence-electron chi connectivity index (χ3n) is 5.33. The van der Waals surface area contributed by atoms with Gasteiger partial charge in [-0.3, -0.25) is 4.79 Å². The smallest absolute Gasteiger partial charge is 0.275 e. The highest BCUT2D eigenvalue weighted by Crippen LogP contribution is 2.21. The molecule has 7 heteroatoms. The van der Waals surface area contributed by atoms with Crippen LogP contribution in [0.1, 0.15) is 26.7 Å². The molecule has 1 atom stereocenters. The Hall–Kier alpha value is -1.96. The molecule has 0 radical (unpaired) electrons. The lowest BCUT2D eigenvalue weighted by molar-refractivity contribution is -0.895. The van der Waals surface area contributed by atoms with Gasteiger partial charge < -0.3 is 10.2 Å². The van der Waals surface area contributed by atoms with E-state index in [9.17, 15) is 13.2 Å². The Labute approximate surface area is 167 Å². The number of rotatable bonds is 7. The molecule has 6 nitrogen and oxygen atoms in total. The van der Waals surface area contributed by atoms with Crippen LogP contribution in [0.4, 0.5) is 0 Å². The van der Waals surface area contributed by atoms with Crippen LogP contribution in [-0.4, -0.2) is 57.4 Å². The Bertz CT molecular complexity index is 921. The number of sulfonamides is 1. The lowest BCUT2D eigenvalue weighted by Crippen LogP contribution is -3.15. The molecule has 1 amide bonds. The first-order chi connectivity index (χ1) is 13.4. The highest BCUT2D eigenvalue weighted by molar-refractivity contribution is 7.89. The maximum Gasteiger partial charge on any atom is 0.275 e. The highest BCUT2D eigenvalue weighted by Gasteiger charge is 2.31. The van der Waals surface area contributed by atoms with Gasteiger partial charge in [0, 0.05) is 6.04 Å². The molecule has 2 aromatic carbocycles. The molecule has 2 aromatic rings. The number of quaternary nitrogens is 1. The second-order valence-electron chi connectivity index (χ2n) is 7.60. The first kappa shape index (κ1) is 20.8. The number of piperazine rings is 1. The molecule has 0 aromatic heterocycles. The SMILES string of the molecule is CCC[C@H](C)NC(=O)C[NH+]1CCN(S(=O)(=O)c2ccc3ccccc3c2)CC1. The van der Waals surface area contributed by atoms with Gasteiger partial charge in [-0.25, -0.2) is 8.42 Å². The van der Waals surface area contributed by atoms with E-state index in [0.717, 1.165) is 28.5 Å². The molecule has 0 unspecified atom stereocenters. The molecule has 0 spiro atoms. The molecule has 1 aliphatic rings. The van der Waals surface area contributed by atoms with Gasteiger partial charge in [-0.15, -0.1) is 0 Å². The summed E-state index contributed by atoms with van der Waals surface area (Å²) in [4.78, 5) is 13.6. The number of benzene rings is 2. The van der Waals surface area contributed by atoms with Crippen molar-refractivity contribution in [2.24, 2.45) is 0 Å². The van der Waals surface area contributed by atoms with Gasteiger partial charge in [-0.05, 0) is 36.2 Å². The molecule has 3 rings (SSSR count). The molecule has 1 aliphatic heterocycles. The topological polar surface area (TPSA) is 70.9 Å². The molecule has 152 valence electrons. The van der Waals surface area contributed by atoms with Crippen LogP contribution >= 0.6 is 0 Å². The summed E-state index contributed by atoms with van der Waals surface area (Å²) in [7, 11) is -3.51. The van der Waals surface area contributed by atoms with Crippen LogP contribution in [0.5, 0.6) is 0 Å². The minimum absolute atomic E-state index is 0.0433. The fourth-order valence-corrected chi connectivity index (χ4v) is 5.23. The van der Waals surface area contributed by atoms with E-state index >= 15 is 0 Å². The van der Waals surface area contributed by atoms with E-state index < -0.39 is 10.0 Å². The van der Waals surface area contributed by atoms with Gasteiger partial charge in [0.05, 0.1) is 31.1 Å². The fraction of sp³-hybridized carbons (Fsp3) is 0.476. The largest absolute Gasteiger partial charge is 0.349 e. The van der Waals surface area contributed by atoms with Gasteiger partial charge >= 0.3 is 0 Å². The van der Waals surface area contributed by atoms with Crippen molar-refractivity contribution < 1.29 is 18.1 Å². The van der Waals surface area contributed by atoms with Gasteiger partial charge in [0.1, 0.15) is 0 Å². The van der Waals surface area contributed by atoms with E-state index in [4.69, 9.17) is 0 Å². The Morgan fingerprint density at radius 3 is 2.50 bits per heavy atom. The summed E-state index contributed by atoms with van der Waals surface area (Å²) in [5.74, 6) is 0.0433. The standard InChI is InChI=1S/C21H29N3O3S/c1-3-6-17(2)22-21(25)16-23-11-13-24(14-12-23)28(26,27)20-10-9-18-7-4-5-8-19(18)15-20/h4-5,7-10,15,17H,3,6,11-14,16H2,1-2H3,(H,22,25)/p+1/t17-/m0/s1. The number of carbonyl (C=O) groups is 1. The van der Waals surface area contributed by atoms with Crippen molar-refractivity contribution in [1.82, 2.24) is 9.62 Å². The predicted molar refractivity (Wildman–Crippen MR) is 111 cm³/mol. The van der Waals surface area contributed by atoms with Gasteiger partial charge in [0.2, 0.25) is 10.0 Å². The lowest BCUT2D eigenvalue weighted by Gasteiger charge is -2.31. The maximum atomic E-state index is 13.0. The maximum absolute atomic E-state index is 13.0. The first-order valence-electron chi connectivity index (χ1n) is 10.0. The molecule has 0 saturated carbocycles. The molecule has 0 aliphatic carbocycles. The van der Waals surface area contributed by atoms with E-state index in [1.54, 1.807) is 12.1 Å². The quantitative estimate of drug-likeness (QED) is 0.724. The van der Waals surface area contributed by atoms with Gasteiger partial charge in [-0.2, -0.15) is 4.31 Å². The molecule has 28 heavy (non-hydrogen) atoms. The first-order valence-corrected chi connectivity index (χ1v) is 11.5. The van der Waals surface area contributed by atoms with Gasteiger partial charge in [0.15, 0.2) is 6.54 Å². The monoisotopic (exact) mass is 404 g/mol. The number of hydrogen-bond donors (Lipinski definition) is 2. The number of nitrogens with zero attached hydrogens (tertiary/aromatic N) is 1. The molecular formula is C21H30N3O3S+. The van der Waals surface area contributed by atoms with Gasteiger partial charge in [-0.1, -0.05) is 43.7 Å². The molecular weight excluding hydrogens is 374 g/mol. The van der Waals surface area contributed by atoms with Gasteiger partial charge in [0.25, 0.3) is 5.91 Å². The van der Waals surface area contributed by atoms with Crippen LogP contribution < -0.4 is 10.2 Å². The van der Waals surface area contributed by atoms with Crippen molar-refractivity contribution in [2.75, 3.05) is 32.7 Å². The minimum Gasteiger partial charge on any atom is -0.349 e. The number of fused-ring (bicyclic) bond motifs is 1. The van der Waals surface area contributed by atoms with Crippen molar-refractivity contribution in [3.63, 3.8) is 0 Å². The zero-order chi connectivity index (χ0) is 20.1. The molecule has 1 saturated heterocycles. The average molecular weight is 405 g/mol. The molecule has 1 fully saturated rings. The third-order valence-corrected chi connectivity index (χ3v) is 7.22. The van der Waals surface area contributed by atoms with Crippen molar-refractivity contribution in [3.8, 4) is 0 Å². The molecule has 2 N–H and O–H groups in total. The summed E-state index contributed by atoms with van der Waals surface area (Å²) < 4.78 is 27.6. The van der Waals surface area contributed by atoms with E-state index in [2.05, 4.69) is 12.2 Å². The summed E-state index contributed by atoms with van der Waals surface area (Å²) in [5.41, 5.74) is 0. The summed E-state index contributed by atoms with van der Waals surface area (Å²) >= 11 is 0. The van der Waals surface area contributed by atoms with Crippen molar-refractivity contribution in [1.29, 1.82) is 0 Å². The number of carbonyl (C=O) groups excluding carboxylic acids is 1. The highest BCUT2D eigenvalue weighted by atomic mass is 32.2. The molecule has 0 bridgehead atoms. The Kier molecular flexibility index (Phi) is 6.69. The number of amides is 1. The van der Waals surface area contributed by atoms with Crippen molar-refractivity contribution in [2.45, 2.75) is 37.6 Å². The van der Waals surface area contributed by atoms with Crippen LogP contribution in [0.2, 0.25) is 0 Å². The minimum atomic E-state index is -3.51. The van der Waals surface area contributed by atoms with Crippen LogP contribution in [0.25, 0.3) is 10.8 Å². The third kappa shape index (κ3) is 4.90. The van der Waals surface area contributed by atoms with E-state index in [0.29, 0.717) is 37.6 Å². The summed E-state index contributed by atoms with van der Waals surface area (Å²) in [6, 6.07) is 13.2. The summed E-state index contributed by atoms with van der Waals surface area (Å²) in [6.45, 7) is 6.67. The van der Waals surface area contributed by atoms with Crippen LogP contribution in [0, 0.1) is 0 Å². The Balaban J connectivity index is 1.59. The Morgan fingerprint density at radius 1 is 1.14 bits per heavy atom. The average Bonchev–Trinajstić information content (AvgIpc) is 2.68. The fourth-order valence-electron chi connectivity index (χ4n) is 3.75. The normalized spacial score (nSPS) is 17.5. The van der Waals surface area contributed by atoms with Crippen molar-refractivity contribution in [3.05, 3.63) is 42.5 Å². The summed E-state index contributed by atoms with van der Waals surface area (Å²) in [5, 5.41) is 4.97. The van der Waals surface area contributed by atoms with E-state index in [1.807, 2.05) is 37.3 Å². The number of nitrogens with one attached hydrogen (secondary N) is 2. The number of hydrogen-bond acceptors (Lipinski definition) is 3. The summed E-state index contributed by atoms with van der Waals surface area (Å²) in [6.07, 6.45) is 2.01. The Morgan fingerprint density at radius 2 is 1.82 bits per heavy atom. The van der Waals surface area contributed by atoms with Crippen LogP contribution in [0.3, 0.4) is 0 Å². The molecule has 1 heterocycles. The van der Waals surface area contributed by atoms with Crippen LogP contribution in [-0.2, 0) is 14.8 Å². The zero-order valence-corrected chi connectivity index (χ0v) is 17.5. The predicted octanol–water partition coefficient (Wildman–Crippen LogP) is 1.03. The second-order valence-corrected chi connectivity index (χ2v) is 9.53. The van der Waals surface area contributed by atoms with Crippen LogP contribution in [0.15, 0.2) is 47.4 Å². The van der Waals surface area contributed by atoms with E-state index in [1.165, 1.54) is 4.31 Å². The lowest BCUT2D eigenvalue weighted by atomic mass is 10.1. The van der Waals surface area contributed by atoms with Crippen molar-refractivity contribution >= 4 is 26.7 Å². The van der Waals surface area contributed by atoms with E-state index in [-0.39, 0.29) is 11.9 Å².